The monoisotopic (exact) mass is 549 g/mol. The second-order valence-corrected chi connectivity index (χ2v) is 9.61. The molecule has 1 heterocycles. The fourth-order valence-electron chi connectivity index (χ4n) is 3.93. The zero-order chi connectivity index (χ0) is 26.2. The number of benzene rings is 2. The van der Waals surface area contributed by atoms with Crippen LogP contribution in [0.25, 0.3) is 0 Å². The van der Waals surface area contributed by atoms with Crippen molar-refractivity contribution in [3.05, 3.63) is 86.7 Å². The first-order valence-electron chi connectivity index (χ1n) is 10.9. The van der Waals surface area contributed by atoms with Gasteiger partial charge in [0.05, 0.1) is 44.8 Å². The van der Waals surface area contributed by atoms with Gasteiger partial charge >= 0.3 is 17.9 Å². The highest BCUT2D eigenvalue weighted by Gasteiger charge is 2.41. The molecule has 10 heteroatoms. The van der Waals surface area contributed by atoms with Crippen LogP contribution >= 0.6 is 35.0 Å². The Balaban J connectivity index is 2.19. The van der Waals surface area contributed by atoms with Crippen molar-refractivity contribution in [1.82, 2.24) is 5.32 Å². The second kappa shape index (κ2) is 12.9. The van der Waals surface area contributed by atoms with Crippen LogP contribution in [0.2, 0.25) is 10.0 Å². The molecule has 0 saturated carbocycles. The highest BCUT2D eigenvalue weighted by Crippen LogP contribution is 2.46. The van der Waals surface area contributed by atoms with E-state index in [0.717, 1.165) is 4.90 Å². The minimum absolute atomic E-state index is 0.0257. The number of halogens is 2. The van der Waals surface area contributed by atoms with Gasteiger partial charge in [0, 0.05) is 37.7 Å². The molecule has 1 aliphatic rings. The van der Waals surface area contributed by atoms with Gasteiger partial charge in [-0.2, -0.15) is 0 Å². The number of rotatable bonds is 9. The van der Waals surface area contributed by atoms with Crippen molar-refractivity contribution in [2.45, 2.75) is 23.7 Å². The fourth-order valence-corrected chi connectivity index (χ4v) is 5.43. The Morgan fingerprint density at radius 1 is 0.833 bits per heavy atom. The van der Waals surface area contributed by atoms with Crippen LogP contribution in [0.4, 0.5) is 0 Å². The Hall–Kier alpha value is -2.94. The van der Waals surface area contributed by atoms with E-state index < -0.39 is 23.8 Å². The number of hydrogen-bond donors (Lipinski definition) is 1. The third kappa shape index (κ3) is 6.24. The largest absolute Gasteiger partial charge is 0.469 e. The number of allylic oxidation sites excluding steroid dienone is 1. The van der Waals surface area contributed by atoms with E-state index >= 15 is 0 Å². The molecule has 0 spiro atoms. The second-order valence-electron chi connectivity index (χ2n) is 7.63. The van der Waals surface area contributed by atoms with Crippen LogP contribution in [0.5, 0.6) is 0 Å². The van der Waals surface area contributed by atoms with Gasteiger partial charge in [-0.3, -0.25) is 4.79 Å². The predicted molar refractivity (Wildman–Crippen MR) is 139 cm³/mol. The van der Waals surface area contributed by atoms with Crippen LogP contribution in [-0.2, 0) is 28.6 Å². The van der Waals surface area contributed by atoms with E-state index in [9.17, 15) is 14.4 Å². The van der Waals surface area contributed by atoms with Gasteiger partial charge in [-0.05, 0) is 30.7 Å². The van der Waals surface area contributed by atoms with Gasteiger partial charge < -0.3 is 19.5 Å². The van der Waals surface area contributed by atoms with Gasteiger partial charge in [0.25, 0.3) is 0 Å². The molecule has 0 amide bonds. The summed E-state index contributed by atoms with van der Waals surface area (Å²) in [5.74, 6) is -2.44. The van der Waals surface area contributed by atoms with Crippen molar-refractivity contribution >= 4 is 52.9 Å². The smallest absolute Gasteiger partial charge is 0.336 e. The molecule has 1 N–H and O–H groups in total. The summed E-state index contributed by atoms with van der Waals surface area (Å²) < 4.78 is 15.0. The summed E-state index contributed by atoms with van der Waals surface area (Å²) in [6, 6.07) is 14.7. The van der Waals surface area contributed by atoms with Crippen LogP contribution in [0.1, 0.15) is 24.3 Å². The van der Waals surface area contributed by atoms with E-state index in [4.69, 9.17) is 37.4 Å². The molecule has 3 rings (SSSR count). The van der Waals surface area contributed by atoms with Crippen molar-refractivity contribution in [1.29, 1.82) is 0 Å². The van der Waals surface area contributed by atoms with E-state index in [1.165, 1.54) is 21.3 Å². The minimum Gasteiger partial charge on any atom is -0.469 e. The van der Waals surface area contributed by atoms with E-state index in [2.05, 4.69) is 5.32 Å². The third-order valence-electron chi connectivity index (χ3n) is 5.54. The van der Waals surface area contributed by atoms with Crippen LogP contribution in [-0.4, -0.2) is 45.0 Å². The van der Waals surface area contributed by atoms with Crippen molar-refractivity contribution in [3.63, 3.8) is 0 Å². The summed E-state index contributed by atoms with van der Waals surface area (Å²) in [6.45, 7) is 0. The van der Waals surface area contributed by atoms with E-state index in [0.29, 0.717) is 23.4 Å². The SMILES string of the molecule is COC(=O)CC1=C(C(=O)OC)C(c2c(Cl)cccc2Cl)C(C(=O)OC)=C(CCSc2ccccc2)N1. The Bertz CT molecular complexity index is 1190. The number of carbonyl (C=O) groups is 3. The molecule has 0 bridgehead atoms. The maximum absolute atomic E-state index is 13.2. The van der Waals surface area contributed by atoms with E-state index in [1.807, 2.05) is 30.3 Å². The lowest BCUT2D eigenvalue weighted by Crippen LogP contribution is -2.35. The molecule has 2 aromatic rings. The average Bonchev–Trinajstić information content (AvgIpc) is 2.88. The minimum atomic E-state index is -1.04. The van der Waals surface area contributed by atoms with Crippen LogP contribution < -0.4 is 5.32 Å². The topological polar surface area (TPSA) is 90.9 Å². The van der Waals surface area contributed by atoms with Crippen LogP contribution in [0.15, 0.2) is 76.0 Å². The normalized spacial score (nSPS) is 15.3. The lowest BCUT2D eigenvalue weighted by atomic mass is 9.79. The lowest BCUT2D eigenvalue weighted by molar-refractivity contribution is -0.139. The Labute approximate surface area is 223 Å². The van der Waals surface area contributed by atoms with Gasteiger partial charge in [0.15, 0.2) is 0 Å². The molecule has 190 valence electrons. The first kappa shape index (κ1) is 27.6. The first-order valence-corrected chi connectivity index (χ1v) is 12.6. The highest BCUT2D eigenvalue weighted by atomic mass is 35.5. The summed E-state index contributed by atoms with van der Waals surface area (Å²) in [5.41, 5.74) is 1.24. The molecular formula is C26H25Cl2NO6S. The van der Waals surface area contributed by atoms with Gasteiger partial charge in [0.2, 0.25) is 0 Å². The molecule has 0 saturated heterocycles. The molecule has 7 nitrogen and oxygen atoms in total. The lowest BCUT2D eigenvalue weighted by Gasteiger charge is -2.33. The quantitative estimate of drug-likeness (QED) is 0.256. The molecule has 2 aromatic carbocycles. The third-order valence-corrected chi connectivity index (χ3v) is 7.21. The predicted octanol–water partition coefficient (Wildman–Crippen LogP) is 5.28. The zero-order valence-corrected chi connectivity index (χ0v) is 22.3. The van der Waals surface area contributed by atoms with Crippen molar-refractivity contribution in [2.75, 3.05) is 27.1 Å². The van der Waals surface area contributed by atoms with Gasteiger partial charge in [-0.15, -0.1) is 11.8 Å². The Morgan fingerprint density at radius 2 is 1.42 bits per heavy atom. The molecular weight excluding hydrogens is 525 g/mol. The number of carbonyl (C=O) groups excluding carboxylic acids is 3. The highest BCUT2D eigenvalue weighted by molar-refractivity contribution is 7.99. The standard InChI is InChI=1S/C26H25Cl2NO6S/c1-33-20(30)14-19-23(26(32)35-3)24(21-16(27)10-7-11-17(21)28)22(25(31)34-2)18(29-19)12-13-36-15-8-5-4-6-9-15/h4-11,24,29H,12-14H2,1-3H3. The Kier molecular flexibility index (Phi) is 9.87. The van der Waals surface area contributed by atoms with Gasteiger partial charge in [0.1, 0.15) is 0 Å². The average molecular weight is 550 g/mol. The maximum atomic E-state index is 13.2. The molecule has 36 heavy (non-hydrogen) atoms. The number of dihydropyridines is 1. The molecule has 1 atom stereocenters. The molecule has 1 unspecified atom stereocenters. The fraction of sp³-hybridized carbons (Fsp3) is 0.269. The summed E-state index contributed by atoms with van der Waals surface area (Å²) in [4.78, 5) is 39.6. The number of esters is 3. The number of methoxy groups -OCH3 is 3. The molecule has 0 fully saturated rings. The van der Waals surface area contributed by atoms with E-state index in [-0.39, 0.29) is 33.3 Å². The molecule has 0 radical (unpaired) electrons. The number of thioether (sulfide) groups is 1. The van der Waals surface area contributed by atoms with Gasteiger partial charge in [-0.1, -0.05) is 47.5 Å². The zero-order valence-electron chi connectivity index (χ0n) is 19.9. The van der Waals surface area contributed by atoms with Gasteiger partial charge in [-0.25, -0.2) is 9.59 Å². The van der Waals surface area contributed by atoms with E-state index in [1.54, 1.807) is 30.0 Å². The first-order chi connectivity index (χ1) is 17.3. The number of nitrogens with one attached hydrogen (secondary N) is 1. The maximum Gasteiger partial charge on any atom is 0.336 e. The molecule has 0 aromatic heterocycles. The van der Waals surface area contributed by atoms with Crippen LogP contribution in [0, 0.1) is 0 Å². The summed E-state index contributed by atoms with van der Waals surface area (Å²) >= 11 is 14.7. The number of ether oxygens (including phenoxy) is 3. The summed E-state index contributed by atoms with van der Waals surface area (Å²) in [5, 5.41) is 3.62. The van der Waals surface area contributed by atoms with Crippen molar-refractivity contribution in [2.24, 2.45) is 0 Å². The molecule has 1 aliphatic heterocycles. The number of hydrogen-bond acceptors (Lipinski definition) is 8. The Morgan fingerprint density at radius 3 is 1.97 bits per heavy atom. The van der Waals surface area contributed by atoms with Crippen LogP contribution in [0.3, 0.4) is 0 Å². The molecule has 0 aliphatic carbocycles. The van der Waals surface area contributed by atoms with Crippen molar-refractivity contribution < 1.29 is 28.6 Å². The van der Waals surface area contributed by atoms with Crippen molar-refractivity contribution in [3.8, 4) is 0 Å². The summed E-state index contributed by atoms with van der Waals surface area (Å²) in [7, 11) is 3.71. The summed E-state index contributed by atoms with van der Waals surface area (Å²) in [6.07, 6.45) is 0.130.